The molecule has 1 fully saturated rings. The van der Waals surface area contributed by atoms with Crippen molar-refractivity contribution in [1.82, 2.24) is 4.31 Å². The van der Waals surface area contributed by atoms with Gasteiger partial charge in [0.05, 0.1) is 12.6 Å². The maximum absolute atomic E-state index is 11.4. The van der Waals surface area contributed by atoms with E-state index in [2.05, 4.69) is 0 Å². The molecular formula is C9H9NO3S. The molecule has 14 heavy (non-hydrogen) atoms. The van der Waals surface area contributed by atoms with Crippen molar-refractivity contribution in [3.8, 4) is 0 Å². The Balaban J connectivity index is 2.14. The zero-order valence-corrected chi connectivity index (χ0v) is 8.20. The third-order valence-electron chi connectivity index (χ3n) is 2.75. The summed E-state index contributed by atoms with van der Waals surface area (Å²) in [6.45, 7) is 0.697. The number of hydrogen-bond donors (Lipinski definition) is 0. The molecule has 2 heterocycles. The Morgan fingerprint density at radius 1 is 1.36 bits per heavy atom. The molecule has 0 aliphatic carbocycles. The molecule has 0 bridgehead atoms. The molecule has 1 saturated heterocycles. The molecule has 0 saturated carbocycles. The molecule has 0 spiro atoms. The van der Waals surface area contributed by atoms with Gasteiger partial charge in [-0.3, -0.25) is 4.18 Å². The Bertz CT molecular complexity index is 483. The fraction of sp³-hybridized carbons (Fsp3) is 0.333. The maximum atomic E-state index is 11.4. The van der Waals surface area contributed by atoms with Crippen LogP contribution in [0.3, 0.4) is 0 Å². The van der Waals surface area contributed by atoms with E-state index in [1.54, 1.807) is 0 Å². The lowest BCUT2D eigenvalue weighted by Crippen LogP contribution is -2.21. The predicted octanol–water partition coefficient (Wildman–Crippen LogP) is 0.818. The summed E-state index contributed by atoms with van der Waals surface area (Å²) in [6, 6.07) is 7.67. The number of rotatable bonds is 0. The van der Waals surface area contributed by atoms with Gasteiger partial charge in [0.15, 0.2) is 0 Å². The van der Waals surface area contributed by atoms with E-state index in [0.717, 1.165) is 11.1 Å². The van der Waals surface area contributed by atoms with Gasteiger partial charge in [0.2, 0.25) is 0 Å². The minimum atomic E-state index is -3.46. The van der Waals surface area contributed by atoms with Crippen LogP contribution in [0.1, 0.15) is 17.2 Å². The predicted molar refractivity (Wildman–Crippen MR) is 49.6 cm³/mol. The average molecular weight is 211 g/mol. The van der Waals surface area contributed by atoms with E-state index < -0.39 is 10.3 Å². The van der Waals surface area contributed by atoms with E-state index in [0.29, 0.717) is 6.54 Å². The molecule has 74 valence electrons. The van der Waals surface area contributed by atoms with Crippen molar-refractivity contribution < 1.29 is 12.6 Å². The summed E-state index contributed by atoms with van der Waals surface area (Å²) in [7, 11) is -3.46. The SMILES string of the molecule is O=S1(=O)OCC2c3ccccc3CN21. The summed E-state index contributed by atoms with van der Waals surface area (Å²) in [4.78, 5) is 0. The Morgan fingerprint density at radius 2 is 2.14 bits per heavy atom. The molecule has 1 aromatic rings. The van der Waals surface area contributed by atoms with Gasteiger partial charge in [-0.05, 0) is 11.1 Å². The topological polar surface area (TPSA) is 46.6 Å². The Kier molecular flexibility index (Phi) is 1.54. The van der Waals surface area contributed by atoms with E-state index >= 15 is 0 Å². The lowest BCUT2D eigenvalue weighted by Gasteiger charge is -2.09. The van der Waals surface area contributed by atoms with Gasteiger partial charge in [0.25, 0.3) is 0 Å². The number of hydrogen-bond acceptors (Lipinski definition) is 3. The molecule has 0 amide bonds. The first kappa shape index (κ1) is 8.40. The minimum absolute atomic E-state index is 0.101. The monoisotopic (exact) mass is 211 g/mol. The van der Waals surface area contributed by atoms with Crippen LogP contribution in [0.2, 0.25) is 0 Å². The minimum Gasteiger partial charge on any atom is -0.256 e. The lowest BCUT2D eigenvalue weighted by atomic mass is 10.1. The second-order valence-corrected chi connectivity index (χ2v) is 5.06. The third-order valence-corrected chi connectivity index (χ3v) is 4.14. The molecule has 1 unspecified atom stereocenters. The number of fused-ring (bicyclic) bond motifs is 3. The standard InChI is InChI=1S/C9H9NO3S/c11-14(12)10-5-7-3-1-2-4-8(7)9(10)6-13-14/h1-4,9H,5-6H2. The second-order valence-electron chi connectivity index (χ2n) is 3.50. The zero-order valence-electron chi connectivity index (χ0n) is 7.38. The maximum Gasteiger partial charge on any atom is 0.339 e. The van der Waals surface area contributed by atoms with Crippen LogP contribution in [0, 0.1) is 0 Å². The first-order valence-electron chi connectivity index (χ1n) is 4.42. The van der Waals surface area contributed by atoms with Crippen LogP contribution in [0.25, 0.3) is 0 Å². The van der Waals surface area contributed by atoms with E-state index in [4.69, 9.17) is 4.18 Å². The molecule has 1 atom stereocenters. The Labute approximate surface area is 82.4 Å². The molecule has 4 nitrogen and oxygen atoms in total. The van der Waals surface area contributed by atoms with Gasteiger partial charge >= 0.3 is 10.3 Å². The van der Waals surface area contributed by atoms with Crippen LogP contribution in [-0.4, -0.2) is 19.3 Å². The van der Waals surface area contributed by atoms with Gasteiger partial charge in [0.1, 0.15) is 0 Å². The van der Waals surface area contributed by atoms with Gasteiger partial charge < -0.3 is 0 Å². The van der Waals surface area contributed by atoms with Gasteiger partial charge in [-0.1, -0.05) is 24.3 Å². The summed E-state index contributed by atoms with van der Waals surface area (Å²) in [5.74, 6) is 0. The molecule has 2 aliphatic rings. The van der Waals surface area contributed by atoms with Gasteiger partial charge in [-0.15, -0.1) is 0 Å². The van der Waals surface area contributed by atoms with Crippen molar-refractivity contribution in [2.45, 2.75) is 12.6 Å². The highest BCUT2D eigenvalue weighted by molar-refractivity contribution is 7.84. The summed E-state index contributed by atoms with van der Waals surface area (Å²) in [5.41, 5.74) is 2.16. The smallest absolute Gasteiger partial charge is 0.256 e. The first-order chi connectivity index (χ1) is 6.68. The fourth-order valence-corrected chi connectivity index (χ4v) is 3.28. The quantitative estimate of drug-likeness (QED) is 0.638. The van der Waals surface area contributed by atoms with Crippen LogP contribution >= 0.6 is 0 Å². The van der Waals surface area contributed by atoms with Crippen molar-refractivity contribution in [2.75, 3.05) is 6.61 Å². The van der Waals surface area contributed by atoms with Crippen LogP contribution < -0.4 is 0 Å². The van der Waals surface area contributed by atoms with Crippen LogP contribution in [0.5, 0.6) is 0 Å². The second kappa shape index (κ2) is 2.56. The van der Waals surface area contributed by atoms with Crippen molar-refractivity contribution >= 4 is 10.3 Å². The van der Waals surface area contributed by atoms with Gasteiger partial charge in [-0.2, -0.15) is 12.7 Å². The van der Waals surface area contributed by atoms with E-state index in [-0.39, 0.29) is 12.6 Å². The first-order valence-corrected chi connectivity index (χ1v) is 5.79. The molecule has 0 N–H and O–H groups in total. The molecule has 1 aromatic carbocycles. The zero-order chi connectivity index (χ0) is 9.76. The number of benzene rings is 1. The highest BCUT2D eigenvalue weighted by Crippen LogP contribution is 2.40. The van der Waals surface area contributed by atoms with E-state index in [1.807, 2.05) is 24.3 Å². The van der Waals surface area contributed by atoms with Crippen molar-refractivity contribution in [3.05, 3.63) is 35.4 Å². The largest absolute Gasteiger partial charge is 0.339 e. The van der Waals surface area contributed by atoms with Crippen molar-refractivity contribution in [3.63, 3.8) is 0 Å². The van der Waals surface area contributed by atoms with Crippen molar-refractivity contribution in [2.24, 2.45) is 0 Å². The van der Waals surface area contributed by atoms with Crippen LogP contribution in [0.15, 0.2) is 24.3 Å². The third kappa shape index (κ3) is 0.972. The summed E-state index contributed by atoms with van der Waals surface area (Å²) in [5, 5.41) is 0. The summed E-state index contributed by atoms with van der Waals surface area (Å²) in [6.07, 6.45) is 0. The Hall–Kier alpha value is -0.910. The molecule has 3 rings (SSSR count). The molecular weight excluding hydrogens is 202 g/mol. The highest BCUT2D eigenvalue weighted by Gasteiger charge is 2.44. The molecule has 0 radical (unpaired) electrons. The summed E-state index contributed by atoms with van der Waals surface area (Å²) >= 11 is 0. The van der Waals surface area contributed by atoms with E-state index in [9.17, 15) is 8.42 Å². The Morgan fingerprint density at radius 3 is 3.00 bits per heavy atom. The van der Waals surface area contributed by atoms with Crippen LogP contribution in [0.4, 0.5) is 0 Å². The van der Waals surface area contributed by atoms with E-state index in [1.165, 1.54) is 4.31 Å². The highest BCUT2D eigenvalue weighted by atomic mass is 32.2. The van der Waals surface area contributed by atoms with Crippen molar-refractivity contribution in [1.29, 1.82) is 0 Å². The normalized spacial score (nSPS) is 28.7. The van der Waals surface area contributed by atoms with Crippen LogP contribution in [-0.2, 0) is 21.0 Å². The molecule has 5 heteroatoms. The lowest BCUT2D eigenvalue weighted by molar-refractivity contribution is 0.328. The fourth-order valence-electron chi connectivity index (χ4n) is 2.06. The summed E-state index contributed by atoms with van der Waals surface area (Å²) < 4.78 is 29.0. The average Bonchev–Trinajstić information content (AvgIpc) is 2.65. The van der Waals surface area contributed by atoms with Gasteiger partial charge in [-0.25, -0.2) is 0 Å². The van der Waals surface area contributed by atoms with Gasteiger partial charge in [0, 0.05) is 6.54 Å². The molecule has 0 aromatic heterocycles. The number of nitrogens with zero attached hydrogens (tertiary/aromatic N) is 1. The molecule has 2 aliphatic heterocycles.